The van der Waals surface area contributed by atoms with Gasteiger partial charge in [0.25, 0.3) is 5.91 Å². The minimum Gasteiger partial charge on any atom is -0.366 e. The van der Waals surface area contributed by atoms with E-state index < -0.39 is 0 Å². The van der Waals surface area contributed by atoms with Crippen molar-refractivity contribution in [1.82, 2.24) is 9.88 Å². The minimum absolute atomic E-state index is 0.0463. The number of nitrogens with zero attached hydrogens (tertiary/aromatic N) is 2. The van der Waals surface area contributed by atoms with Gasteiger partial charge < -0.3 is 10.2 Å². The molecule has 1 amide bonds. The Bertz CT molecular complexity index is 784. The number of allylic oxidation sites excluding steroid dienone is 1. The van der Waals surface area contributed by atoms with Crippen LogP contribution >= 0.6 is 23.2 Å². The molecule has 0 radical (unpaired) electrons. The zero-order chi connectivity index (χ0) is 18.5. The monoisotopic (exact) mass is 389 g/mol. The van der Waals surface area contributed by atoms with Crippen molar-refractivity contribution in [2.75, 3.05) is 18.4 Å². The molecule has 2 aromatic rings. The van der Waals surface area contributed by atoms with E-state index in [1.807, 2.05) is 23.2 Å². The second-order valence-electron chi connectivity index (χ2n) is 6.38. The molecule has 1 aliphatic rings. The second-order valence-corrected chi connectivity index (χ2v) is 7.23. The Morgan fingerprint density at radius 3 is 2.58 bits per heavy atom. The zero-order valence-electron chi connectivity index (χ0n) is 14.4. The van der Waals surface area contributed by atoms with Crippen molar-refractivity contribution in [3.05, 3.63) is 70.4 Å². The molecule has 6 heteroatoms. The van der Waals surface area contributed by atoms with Crippen LogP contribution < -0.4 is 5.32 Å². The maximum atomic E-state index is 12.6. The summed E-state index contributed by atoms with van der Waals surface area (Å²) in [6, 6.07) is 9.18. The van der Waals surface area contributed by atoms with Crippen molar-refractivity contribution >= 4 is 34.9 Å². The number of nitrogens with one attached hydrogen (secondary N) is 1. The van der Waals surface area contributed by atoms with Gasteiger partial charge >= 0.3 is 0 Å². The number of carbonyl (C=O) groups excluding carboxylic acids is 1. The van der Waals surface area contributed by atoms with Crippen molar-refractivity contribution in [2.45, 2.75) is 25.3 Å². The van der Waals surface area contributed by atoms with Crippen molar-refractivity contribution in [1.29, 1.82) is 0 Å². The molecule has 136 valence electrons. The van der Waals surface area contributed by atoms with Crippen LogP contribution in [0.25, 0.3) is 0 Å². The van der Waals surface area contributed by atoms with Gasteiger partial charge in [0.15, 0.2) is 0 Å². The van der Waals surface area contributed by atoms with Crippen LogP contribution in [-0.2, 0) is 6.42 Å². The molecule has 0 spiro atoms. The van der Waals surface area contributed by atoms with Crippen molar-refractivity contribution in [3.8, 4) is 0 Å². The van der Waals surface area contributed by atoms with E-state index in [0.717, 1.165) is 24.8 Å². The lowest BCUT2D eigenvalue weighted by molar-refractivity contribution is 0.0718. The van der Waals surface area contributed by atoms with Gasteiger partial charge in [-0.05, 0) is 55.2 Å². The third kappa shape index (κ3) is 4.57. The number of piperidine rings is 1. The van der Waals surface area contributed by atoms with E-state index >= 15 is 0 Å². The molecule has 1 aromatic heterocycles. The summed E-state index contributed by atoms with van der Waals surface area (Å²) in [7, 11) is 0. The number of anilines is 1. The van der Waals surface area contributed by atoms with E-state index in [0.29, 0.717) is 34.5 Å². The van der Waals surface area contributed by atoms with Crippen LogP contribution in [0.2, 0.25) is 10.0 Å². The highest BCUT2D eigenvalue weighted by molar-refractivity contribution is 6.33. The van der Waals surface area contributed by atoms with Crippen molar-refractivity contribution in [2.24, 2.45) is 0 Å². The summed E-state index contributed by atoms with van der Waals surface area (Å²) in [5.74, 6) is 0.743. The highest BCUT2D eigenvalue weighted by Gasteiger charge is 2.24. The topological polar surface area (TPSA) is 45.2 Å². The first-order valence-corrected chi connectivity index (χ1v) is 9.39. The molecule has 1 saturated heterocycles. The molecule has 4 nitrogen and oxygen atoms in total. The molecule has 0 atom stereocenters. The lowest BCUT2D eigenvalue weighted by atomic mass is 10.0. The highest BCUT2D eigenvalue weighted by atomic mass is 35.5. The highest BCUT2D eigenvalue weighted by Crippen LogP contribution is 2.24. The number of hydrogen-bond acceptors (Lipinski definition) is 3. The molecule has 2 heterocycles. The first kappa shape index (κ1) is 18.7. The maximum absolute atomic E-state index is 12.6. The zero-order valence-corrected chi connectivity index (χ0v) is 15.9. The molecule has 1 aromatic carbocycles. The fraction of sp³-hybridized carbons (Fsp3) is 0.300. The maximum Gasteiger partial charge on any atom is 0.253 e. The van der Waals surface area contributed by atoms with Gasteiger partial charge in [0, 0.05) is 35.9 Å². The third-order valence-electron chi connectivity index (χ3n) is 4.49. The SMILES string of the molecule is C=CCc1cnc(NC2CCN(C(=O)c3ccc(Cl)cc3)CC2)c(Cl)c1. The van der Waals surface area contributed by atoms with Crippen LogP contribution in [0, 0.1) is 0 Å². The molecule has 0 unspecified atom stereocenters. The minimum atomic E-state index is 0.0463. The number of benzene rings is 1. The van der Waals surface area contributed by atoms with Crippen LogP contribution in [0.1, 0.15) is 28.8 Å². The van der Waals surface area contributed by atoms with E-state index in [-0.39, 0.29) is 11.9 Å². The molecule has 0 bridgehead atoms. The Balaban J connectivity index is 1.56. The number of likely N-dealkylation sites (tertiary alicyclic amines) is 1. The van der Waals surface area contributed by atoms with E-state index in [2.05, 4.69) is 16.9 Å². The normalized spacial score (nSPS) is 14.9. The first-order valence-electron chi connectivity index (χ1n) is 8.63. The van der Waals surface area contributed by atoms with Crippen LogP contribution in [-0.4, -0.2) is 34.9 Å². The van der Waals surface area contributed by atoms with Crippen LogP contribution in [0.4, 0.5) is 5.82 Å². The molecule has 1 N–H and O–H groups in total. The Kier molecular flexibility index (Phi) is 6.17. The molecular weight excluding hydrogens is 369 g/mol. The summed E-state index contributed by atoms with van der Waals surface area (Å²) in [6.07, 6.45) is 6.10. The van der Waals surface area contributed by atoms with Gasteiger partial charge in [-0.1, -0.05) is 29.3 Å². The number of aromatic nitrogens is 1. The molecule has 3 rings (SSSR count). The second kappa shape index (κ2) is 8.56. The Labute approximate surface area is 163 Å². The van der Waals surface area contributed by atoms with Crippen LogP contribution in [0.3, 0.4) is 0 Å². The predicted molar refractivity (Wildman–Crippen MR) is 107 cm³/mol. The average molecular weight is 390 g/mol. The van der Waals surface area contributed by atoms with E-state index in [4.69, 9.17) is 23.2 Å². The third-order valence-corrected chi connectivity index (χ3v) is 5.03. The fourth-order valence-electron chi connectivity index (χ4n) is 3.06. The molecule has 26 heavy (non-hydrogen) atoms. The summed E-state index contributed by atoms with van der Waals surface area (Å²) in [4.78, 5) is 18.8. The number of amides is 1. The van der Waals surface area contributed by atoms with Gasteiger partial charge in [-0.2, -0.15) is 0 Å². The summed E-state index contributed by atoms with van der Waals surface area (Å²) >= 11 is 12.2. The van der Waals surface area contributed by atoms with Gasteiger partial charge in [0.2, 0.25) is 0 Å². The number of hydrogen-bond donors (Lipinski definition) is 1. The standard InChI is InChI=1S/C20H21Cl2N3O/c1-2-3-14-12-18(22)19(23-13-14)24-17-8-10-25(11-9-17)20(26)15-4-6-16(21)7-5-15/h2,4-7,12-13,17H,1,3,8-11H2,(H,23,24). The smallest absolute Gasteiger partial charge is 0.253 e. The largest absolute Gasteiger partial charge is 0.366 e. The average Bonchev–Trinajstić information content (AvgIpc) is 2.65. The van der Waals surface area contributed by atoms with Crippen molar-refractivity contribution in [3.63, 3.8) is 0 Å². The summed E-state index contributed by atoms with van der Waals surface area (Å²) < 4.78 is 0. The van der Waals surface area contributed by atoms with E-state index in [1.165, 1.54) is 0 Å². The van der Waals surface area contributed by atoms with Crippen LogP contribution in [0.15, 0.2) is 49.2 Å². The quantitative estimate of drug-likeness (QED) is 0.744. The van der Waals surface area contributed by atoms with Gasteiger partial charge in [-0.15, -0.1) is 6.58 Å². The van der Waals surface area contributed by atoms with Gasteiger partial charge in [0.1, 0.15) is 5.82 Å². The van der Waals surface area contributed by atoms with Gasteiger partial charge in [-0.3, -0.25) is 4.79 Å². The van der Waals surface area contributed by atoms with Crippen molar-refractivity contribution < 1.29 is 4.79 Å². The predicted octanol–water partition coefficient (Wildman–Crippen LogP) is 4.83. The molecular formula is C20H21Cl2N3O. The lowest BCUT2D eigenvalue weighted by Gasteiger charge is -2.33. The number of rotatable bonds is 5. The van der Waals surface area contributed by atoms with Crippen LogP contribution in [0.5, 0.6) is 0 Å². The molecule has 0 aliphatic carbocycles. The summed E-state index contributed by atoms with van der Waals surface area (Å²) in [5, 5.41) is 4.65. The Hall–Kier alpha value is -2.04. The molecule has 0 saturated carbocycles. The van der Waals surface area contributed by atoms with E-state index in [9.17, 15) is 4.79 Å². The Morgan fingerprint density at radius 1 is 1.27 bits per heavy atom. The fourth-order valence-corrected chi connectivity index (χ4v) is 3.43. The first-order chi connectivity index (χ1) is 12.6. The lowest BCUT2D eigenvalue weighted by Crippen LogP contribution is -2.42. The molecule has 1 aliphatic heterocycles. The van der Waals surface area contributed by atoms with E-state index in [1.54, 1.807) is 24.3 Å². The Morgan fingerprint density at radius 2 is 1.96 bits per heavy atom. The number of halogens is 2. The van der Waals surface area contributed by atoms with Gasteiger partial charge in [-0.25, -0.2) is 4.98 Å². The van der Waals surface area contributed by atoms with Gasteiger partial charge in [0.05, 0.1) is 5.02 Å². The summed E-state index contributed by atoms with van der Waals surface area (Å²) in [6.45, 7) is 5.12. The summed E-state index contributed by atoms with van der Waals surface area (Å²) in [5.41, 5.74) is 1.71. The number of pyridine rings is 1. The number of carbonyl (C=O) groups is 1. The molecule has 1 fully saturated rings.